The molecule has 1 unspecified atom stereocenters. The third-order valence-corrected chi connectivity index (χ3v) is 9.56. The minimum Gasteiger partial charge on any atom is -0.497 e. The van der Waals surface area contributed by atoms with E-state index in [2.05, 4.69) is 4.72 Å². The van der Waals surface area contributed by atoms with Gasteiger partial charge in [0.05, 0.1) is 35.8 Å². The van der Waals surface area contributed by atoms with E-state index in [1.807, 2.05) is 4.90 Å². The van der Waals surface area contributed by atoms with Crippen molar-refractivity contribution in [1.82, 2.24) is 9.03 Å². The van der Waals surface area contributed by atoms with Crippen molar-refractivity contribution in [3.05, 3.63) is 42.5 Å². The summed E-state index contributed by atoms with van der Waals surface area (Å²) in [6, 6.07) is 11.1. The quantitative estimate of drug-likeness (QED) is 0.526. The first-order valence-corrected chi connectivity index (χ1v) is 14.4. The van der Waals surface area contributed by atoms with Crippen LogP contribution >= 0.6 is 0 Å². The number of ether oxygens (including phenoxy) is 3. The van der Waals surface area contributed by atoms with E-state index < -0.39 is 20.0 Å². The third-order valence-electron chi connectivity index (χ3n) is 6.24. The van der Waals surface area contributed by atoms with Crippen LogP contribution in [0.5, 0.6) is 11.5 Å². The van der Waals surface area contributed by atoms with Crippen LogP contribution in [0.1, 0.15) is 12.8 Å². The molecule has 12 heteroatoms. The Morgan fingerprint density at radius 3 is 2.40 bits per heavy atom. The second-order valence-electron chi connectivity index (χ2n) is 8.39. The van der Waals surface area contributed by atoms with Crippen molar-refractivity contribution in [1.29, 1.82) is 0 Å². The molecule has 0 aliphatic carbocycles. The monoisotopic (exact) mass is 525 g/mol. The number of nitrogens with zero attached hydrogens (tertiary/aromatic N) is 2. The van der Waals surface area contributed by atoms with Crippen LogP contribution in [0.15, 0.2) is 52.3 Å². The fourth-order valence-electron chi connectivity index (χ4n) is 4.26. The molecule has 2 aromatic rings. The Hall–Kier alpha value is -2.38. The van der Waals surface area contributed by atoms with Crippen LogP contribution in [0.4, 0.5) is 5.69 Å². The number of benzene rings is 2. The average molecular weight is 526 g/mol. The molecule has 10 nitrogen and oxygen atoms in total. The summed E-state index contributed by atoms with van der Waals surface area (Å²) in [6.45, 7) is 2.13. The van der Waals surface area contributed by atoms with Gasteiger partial charge in [-0.15, -0.1) is 0 Å². The fourth-order valence-corrected chi connectivity index (χ4v) is 6.80. The lowest BCUT2D eigenvalue weighted by molar-refractivity contribution is 0.114. The molecule has 0 radical (unpaired) electrons. The van der Waals surface area contributed by atoms with Crippen LogP contribution in [-0.4, -0.2) is 80.8 Å². The second-order valence-corrected chi connectivity index (χ2v) is 12.1. The molecule has 2 aliphatic rings. The highest BCUT2D eigenvalue weighted by molar-refractivity contribution is 7.89. The zero-order valence-corrected chi connectivity index (χ0v) is 21.5. The molecule has 2 aliphatic heterocycles. The third kappa shape index (κ3) is 5.72. The molecule has 0 spiro atoms. The van der Waals surface area contributed by atoms with Crippen molar-refractivity contribution in [2.75, 3.05) is 58.5 Å². The van der Waals surface area contributed by atoms with E-state index in [4.69, 9.17) is 14.2 Å². The minimum atomic E-state index is -3.74. The number of rotatable bonds is 9. The molecule has 4 rings (SSSR count). The van der Waals surface area contributed by atoms with E-state index in [1.54, 1.807) is 30.3 Å². The largest absolute Gasteiger partial charge is 0.497 e. The zero-order chi connectivity index (χ0) is 25.1. The van der Waals surface area contributed by atoms with Crippen LogP contribution in [0.3, 0.4) is 0 Å². The standard InChI is InChI=1S/C23H31N3O7S2/c1-31-18-5-3-7-21(15-18)35(29,30)26-12-10-25(11-13-26)22-16-20(8-9-23(22)32-2)34(27,28)24-17-19-6-4-14-33-19/h3,5,7-9,15-16,19,24H,4,6,10-14,17H2,1-2H3. The SMILES string of the molecule is COc1cccc(S(=O)(=O)N2CCN(c3cc(S(=O)(=O)NCC4CCCO4)ccc3OC)CC2)c1. The molecule has 1 atom stereocenters. The van der Waals surface area contributed by atoms with Crippen molar-refractivity contribution in [2.45, 2.75) is 28.7 Å². The first-order valence-electron chi connectivity index (χ1n) is 11.4. The van der Waals surface area contributed by atoms with Crippen molar-refractivity contribution < 1.29 is 31.0 Å². The lowest BCUT2D eigenvalue weighted by Gasteiger charge is -2.36. The summed E-state index contributed by atoms with van der Waals surface area (Å²) >= 11 is 0. The number of nitrogens with one attached hydrogen (secondary N) is 1. The van der Waals surface area contributed by atoms with Crippen molar-refractivity contribution >= 4 is 25.7 Å². The number of anilines is 1. The average Bonchev–Trinajstić information content (AvgIpc) is 3.41. The molecule has 2 aromatic carbocycles. The number of piperazine rings is 1. The smallest absolute Gasteiger partial charge is 0.243 e. The highest BCUT2D eigenvalue weighted by Gasteiger charge is 2.30. The Bertz CT molecular complexity index is 1240. The van der Waals surface area contributed by atoms with Crippen molar-refractivity contribution in [3.63, 3.8) is 0 Å². The Kier molecular flexibility index (Phi) is 7.86. The highest BCUT2D eigenvalue weighted by Crippen LogP contribution is 2.32. The summed E-state index contributed by atoms with van der Waals surface area (Å²) in [5.41, 5.74) is 0.603. The van der Waals surface area contributed by atoms with Crippen LogP contribution in [-0.2, 0) is 24.8 Å². The van der Waals surface area contributed by atoms with E-state index in [0.29, 0.717) is 36.9 Å². The minimum absolute atomic E-state index is 0.109. The number of hydrogen-bond donors (Lipinski definition) is 1. The first kappa shape index (κ1) is 25.7. The van der Waals surface area contributed by atoms with Gasteiger partial charge in [0.15, 0.2) is 0 Å². The van der Waals surface area contributed by atoms with Crippen molar-refractivity contribution in [3.8, 4) is 11.5 Å². The normalized spacial score (nSPS) is 19.6. The van der Waals surface area contributed by atoms with Gasteiger partial charge in [-0.2, -0.15) is 4.31 Å². The van der Waals surface area contributed by atoms with Gasteiger partial charge in [0.1, 0.15) is 11.5 Å². The van der Waals surface area contributed by atoms with Crippen LogP contribution in [0.25, 0.3) is 0 Å². The molecule has 0 saturated carbocycles. The molecule has 0 aromatic heterocycles. The van der Waals surface area contributed by atoms with Gasteiger partial charge in [-0.25, -0.2) is 21.6 Å². The molecule has 2 heterocycles. The molecular weight excluding hydrogens is 494 g/mol. The first-order chi connectivity index (χ1) is 16.7. The summed E-state index contributed by atoms with van der Waals surface area (Å²) < 4.78 is 72.2. The van der Waals surface area contributed by atoms with Gasteiger partial charge in [-0.05, 0) is 43.2 Å². The van der Waals surface area contributed by atoms with Gasteiger partial charge >= 0.3 is 0 Å². The molecule has 1 N–H and O–H groups in total. The van der Waals surface area contributed by atoms with Crippen LogP contribution in [0.2, 0.25) is 0 Å². The van der Waals surface area contributed by atoms with Gasteiger partial charge in [0.25, 0.3) is 0 Å². The topological polar surface area (TPSA) is 114 Å². The maximum Gasteiger partial charge on any atom is 0.243 e. The Balaban J connectivity index is 1.48. The molecule has 0 bridgehead atoms. The van der Waals surface area contributed by atoms with Crippen LogP contribution in [0, 0.1) is 0 Å². The Morgan fingerprint density at radius 2 is 1.74 bits per heavy atom. The van der Waals surface area contributed by atoms with Gasteiger partial charge in [-0.1, -0.05) is 6.07 Å². The van der Waals surface area contributed by atoms with E-state index >= 15 is 0 Å². The molecule has 35 heavy (non-hydrogen) atoms. The summed E-state index contributed by atoms with van der Waals surface area (Å²) in [6.07, 6.45) is 1.65. The Labute approximate surface area is 206 Å². The molecule has 2 saturated heterocycles. The molecule has 2 fully saturated rings. The fraction of sp³-hybridized carbons (Fsp3) is 0.478. The van der Waals surface area contributed by atoms with Crippen molar-refractivity contribution in [2.24, 2.45) is 0 Å². The highest BCUT2D eigenvalue weighted by atomic mass is 32.2. The predicted molar refractivity (Wildman–Crippen MR) is 131 cm³/mol. The molecular formula is C23H31N3O7S2. The molecule has 0 amide bonds. The summed E-state index contributed by atoms with van der Waals surface area (Å²) in [7, 11) is -4.42. The zero-order valence-electron chi connectivity index (χ0n) is 19.8. The second kappa shape index (κ2) is 10.7. The number of hydrogen-bond acceptors (Lipinski definition) is 8. The van der Waals surface area contributed by atoms with Gasteiger partial charge < -0.3 is 19.1 Å². The maximum absolute atomic E-state index is 13.1. The van der Waals surface area contributed by atoms with Crippen LogP contribution < -0.4 is 19.1 Å². The predicted octanol–water partition coefficient (Wildman–Crippen LogP) is 1.67. The maximum atomic E-state index is 13.1. The lowest BCUT2D eigenvalue weighted by atomic mass is 10.2. The lowest BCUT2D eigenvalue weighted by Crippen LogP contribution is -2.48. The van der Waals surface area contributed by atoms with E-state index in [9.17, 15) is 16.8 Å². The van der Waals surface area contributed by atoms with E-state index in [-0.39, 0.29) is 35.5 Å². The van der Waals surface area contributed by atoms with E-state index in [0.717, 1.165) is 12.8 Å². The van der Waals surface area contributed by atoms with Gasteiger partial charge in [0.2, 0.25) is 20.0 Å². The number of methoxy groups -OCH3 is 2. The number of sulfonamides is 2. The summed E-state index contributed by atoms with van der Waals surface area (Å²) in [4.78, 5) is 2.24. The van der Waals surface area contributed by atoms with Gasteiger partial charge in [0, 0.05) is 45.4 Å². The van der Waals surface area contributed by atoms with E-state index in [1.165, 1.54) is 30.7 Å². The molecule has 192 valence electrons. The summed E-state index contributed by atoms with van der Waals surface area (Å²) in [5.74, 6) is 0.993. The van der Waals surface area contributed by atoms with Gasteiger partial charge in [-0.3, -0.25) is 0 Å². The summed E-state index contributed by atoms with van der Waals surface area (Å²) in [5, 5.41) is 0. The Morgan fingerprint density at radius 1 is 0.971 bits per heavy atom.